The Morgan fingerprint density at radius 3 is 2.43 bits per heavy atom. The van der Waals surface area contributed by atoms with Crippen molar-refractivity contribution in [2.24, 2.45) is 0 Å². The van der Waals surface area contributed by atoms with E-state index in [0.717, 1.165) is 0 Å². The molecule has 6 heteroatoms. The number of fused-ring (bicyclic) bond motifs is 1. The number of aromatic nitrogens is 1. The van der Waals surface area contributed by atoms with Gasteiger partial charge < -0.3 is 18.6 Å². The Hall–Kier alpha value is -2.50. The summed E-state index contributed by atoms with van der Waals surface area (Å²) < 4.78 is 17.2. The van der Waals surface area contributed by atoms with E-state index in [2.05, 4.69) is 0 Å². The first kappa shape index (κ1) is 16.9. The average molecular weight is 319 g/mol. The fourth-order valence-electron chi connectivity index (χ4n) is 2.17. The number of esters is 2. The average Bonchev–Trinajstić information content (AvgIpc) is 2.84. The normalized spacial score (nSPS) is 11.3. The zero-order valence-electron chi connectivity index (χ0n) is 14.0. The number of carbonyl (C=O) groups is 2. The minimum absolute atomic E-state index is 0.252. The SMILES string of the molecule is CCOC(=O)c1cc(C(=O)OC(C)(C)C)n2ccc(OC)cc12. The van der Waals surface area contributed by atoms with E-state index in [1.165, 1.54) is 13.2 Å². The van der Waals surface area contributed by atoms with Crippen molar-refractivity contribution >= 4 is 17.5 Å². The van der Waals surface area contributed by atoms with Gasteiger partial charge >= 0.3 is 11.9 Å². The van der Waals surface area contributed by atoms with Crippen molar-refractivity contribution in [3.8, 4) is 5.75 Å². The Bertz CT molecular complexity index is 739. The summed E-state index contributed by atoms with van der Waals surface area (Å²) in [6.45, 7) is 7.34. The third-order valence-electron chi connectivity index (χ3n) is 3.08. The molecule has 0 saturated carbocycles. The number of carbonyl (C=O) groups excluding carboxylic acids is 2. The van der Waals surface area contributed by atoms with Gasteiger partial charge in [-0.2, -0.15) is 0 Å². The van der Waals surface area contributed by atoms with E-state index in [0.29, 0.717) is 16.8 Å². The Labute approximate surface area is 134 Å². The smallest absolute Gasteiger partial charge is 0.355 e. The number of methoxy groups -OCH3 is 1. The molecule has 2 rings (SSSR count). The lowest BCUT2D eigenvalue weighted by molar-refractivity contribution is 0.00618. The third-order valence-corrected chi connectivity index (χ3v) is 3.08. The van der Waals surface area contributed by atoms with Gasteiger partial charge in [0.1, 0.15) is 17.0 Å². The van der Waals surface area contributed by atoms with Crippen LogP contribution < -0.4 is 4.74 Å². The van der Waals surface area contributed by atoms with Crippen LogP contribution in [0, 0.1) is 0 Å². The van der Waals surface area contributed by atoms with Gasteiger partial charge in [-0.15, -0.1) is 0 Å². The fraction of sp³-hybridized carbons (Fsp3) is 0.412. The van der Waals surface area contributed by atoms with Crippen molar-refractivity contribution in [2.75, 3.05) is 13.7 Å². The highest BCUT2D eigenvalue weighted by Gasteiger charge is 2.25. The predicted molar refractivity (Wildman–Crippen MR) is 85.1 cm³/mol. The van der Waals surface area contributed by atoms with E-state index >= 15 is 0 Å². The summed E-state index contributed by atoms with van der Waals surface area (Å²) in [5.41, 5.74) is 0.466. The highest BCUT2D eigenvalue weighted by atomic mass is 16.6. The molecule has 0 aliphatic carbocycles. The molecule has 0 atom stereocenters. The molecule has 0 bridgehead atoms. The topological polar surface area (TPSA) is 66.2 Å². The van der Waals surface area contributed by atoms with Gasteiger partial charge in [-0.25, -0.2) is 9.59 Å². The van der Waals surface area contributed by atoms with Crippen molar-refractivity contribution in [1.29, 1.82) is 0 Å². The molecule has 23 heavy (non-hydrogen) atoms. The number of pyridine rings is 1. The first-order valence-corrected chi connectivity index (χ1v) is 7.36. The minimum Gasteiger partial charge on any atom is -0.497 e. The van der Waals surface area contributed by atoms with Gasteiger partial charge in [0, 0.05) is 12.3 Å². The molecule has 2 aromatic heterocycles. The number of hydrogen-bond acceptors (Lipinski definition) is 5. The second-order valence-electron chi connectivity index (χ2n) is 5.99. The lowest BCUT2D eigenvalue weighted by Gasteiger charge is -2.19. The van der Waals surface area contributed by atoms with Gasteiger partial charge in [-0.3, -0.25) is 0 Å². The maximum Gasteiger partial charge on any atom is 0.355 e. The molecule has 2 aromatic rings. The van der Waals surface area contributed by atoms with Crippen molar-refractivity contribution in [3.05, 3.63) is 35.7 Å². The molecule has 0 unspecified atom stereocenters. The molecule has 0 N–H and O–H groups in total. The Kier molecular flexibility index (Phi) is 4.63. The van der Waals surface area contributed by atoms with Crippen LogP contribution in [0.1, 0.15) is 48.5 Å². The van der Waals surface area contributed by atoms with Crippen molar-refractivity contribution in [3.63, 3.8) is 0 Å². The van der Waals surface area contributed by atoms with Gasteiger partial charge in [0.2, 0.25) is 0 Å². The molecule has 0 radical (unpaired) electrons. The highest BCUT2D eigenvalue weighted by Crippen LogP contribution is 2.24. The van der Waals surface area contributed by atoms with E-state index in [9.17, 15) is 9.59 Å². The number of hydrogen-bond donors (Lipinski definition) is 0. The van der Waals surface area contributed by atoms with Crippen LogP contribution in [0.15, 0.2) is 24.4 Å². The van der Waals surface area contributed by atoms with Crippen molar-refractivity contribution in [2.45, 2.75) is 33.3 Å². The molecular weight excluding hydrogens is 298 g/mol. The Morgan fingerprint density at radius 1 is 1.17 bits per heavy atom. The molecule has 0 amide bonds. The summed E-state index contributed by atoms with van der Waals surface area (Å²) in [4.78, 5) is 24.5. The van der Waals surface area contributed by atoms with E-state index < -0.39 is 17.5 Å². The summed E-state index contributed by atoms with van der Waals surface area (Å²) in [5, 5.41) is 0. The first-order valence-electron chi connectivity index (χ1n) is 7.36. The molecule has 0 aliphatic rings. The lowest BCUT2D eigenvalue weighted by Crippen LogP contribution is -2.24. The summed E-state index contributed by atoms with van der Waals surface area (Å²) in [5.74, 6) is -0.418. The Balaban J connectivity index is 2.57. The van der Waals surface area contributed by atoms with Crippen LogP contribution in [0.3, 0.4) is 0 Å². The molecule has 0 spiro atoms. The third kappa shape index (κ3) is 3.64. The second kappa shape index (κ2) is 6.32. The molecular formula is C17H21NO5. The van der Waals surface area contributed by atoms with Crippen LogP contribution >= 0.6 is 0 Å². The van der Waals surface area contributed by atoms with E-state index in [1.807, 2.05) is 0 Å². The molecule has 6 nitrogen and oxygen atoms in total. The zero-order valence-corrected chi connectivity index (χ0v) is 14.0. The standard InChI is InChI=1S/C17H21NO5/c1-6-22-15(19)12-10-14(16(20)23-17(2,3)4)18-8-7-11(21-5)9-13(12)18/h7-10H,6H2,1-5H3. The zero-order chi connectivity index (χ0) is 17.2. The summed E-state index contributed by atoms with van der Waals surface area (Å²) >= 11 is 0. The van der Waals surface area contributed by atoms with Crippen molar-refractivity contribution in [1.82, 2.24) is 4.40 Å². The van der Waals surface area contributed by atoms with Gasteiger partial charge in [0.05, 0.1) is 24.8 Å². The van der Waals surface area contributed by atoms with Gasteiger partial charge in [0.15, 0.2) is 0 Å². The van der Waals surface area contributed by atoms with Crippen LogP contribution in [0.2, 0.25) is 0 Å². The van der Waals surface area contributed by atoms with E-state index in [1.54, 1.807) is 50.4 Å². The minimum atomic E-state index is -0.627. The fourth-order valence-corrected chi connectivity index (χ4v) is 2.17. The highest BCUT2D eigenvalue weighted by molar-refractivity contribution is 6.02. The van der Waals surface area contributed by atoms with Crippen molar-refractivity contribution < 1.29 is 23.8 Å². The maximum atomic E-state index is 12.4. The van der Waals surface area contributed by atoms with Crippen LogP contribution in [-0.4, -0.2) is 35.7 Å². The summed E-state index contributed by atoms with van der Waals surface area (Å²) in [7, 11) is 1.54. The molecule has 0 saturated heterocycles. The van der Waals surface area contributed by atoms with Crippen LogP contribution in [0.5, 0.6) is 5.75 Å². The number of ether oxygens (including phenoxy) is 3. The lowest BCUT2D eigenvalue weighted by atomic mass is 10.2. The number of nitrogens with zero attached hydrogens (tertiary/aromatic N) is 1. The largest absolute Gasteiger partial charge is 0.497 e. The van der Waals surface area contributed by atoms with Crippen LogP contribution in [-0.2, 0) is 9.47 Å². The van der Waals surface area contributed by atoms with Gasteiger partial charge in [-0.1, -0.05) is 0 Å². The molecule has 0 aromatic carbocycles. The molecule has 0 fully saturated rings. The molecule has 0 aliphatic heterocycles. The maximum absolute atomic E-state index is 12.4. The predicted octanol–water partition coefficient (Wildman–Crippen LogP) is 3.08. The summed E-state index contributed by atoms with van der Waals surface area (Å²) in [6.07, 6.45) is 1.66. The van der Waals surface area contributed by atoms with Gasteiger partial charge in [0.25, 0.3) is 0 Å². The van der Waals surface area contributed by atoms with Crippen LogP contribution in [0.4, 0.5) is 0 Å². The quantitative estimate of drug-likeness (QED) is 0.810. The molecule has 124 valence electrons. The van der Waals surface area contributed by atoms with Gasteiger partial charge in [-0.05, 0) is 39.8 Å². The number of rotatable bonds is 4. The van der Waals surface area contributed by atoms with E-state index in [-0.39, 0.29) is 12.3 Å². The van der Waals surface area contributed by atoms with Crippen LogP contribution in [0.25, 0.3) is 5.52 Å². The van der Waals surface area contributed by atoms with E-state index in [4.69, 9.17) is 14.2 Å². The summed E-state index contributed by atoms with van der Waals surface area (Å²) in [6, 6.07) is 4.87. The Morgan fingerprint density at radius 2 is 1.87 bits per heavy atom. The molecule has 2 heterocycles. The second-order valence-corrected chi connectivity index (χ2v) is 5.99. The monoisotopic (exact) mass is 319 g/mol. The first-order chi connectivity index (χ1) is 10.8.